The molecule has 0 aromatic heterocycles. The van der Waals surface area contributed by atoms with Crippen molar-refractivity contribution >= 4 is 20.0 Å². The molecule has 4 nitrogen and oxygen atoms in total. The van der Waals surface area contributed by atoms with Crippen LogP contribution in [-0.4, -0.2) is 32.2 Å². The fourth-order valence-electron chi connectivity index (χ4n) is 3.38. The van der Waals surface area contributed by atoms with Gasteiger partial charge in [-0.25, -0.2) is 0 Å². The molecule has 2 fully saturated rings. The van der Waals surface area contributed by atoms with Gasteiger partial charge in [-0.1, -0.05) is 27.2 Å². The molecule has 0 aromatic carbocycles. The Balaban J connectivity index is 2.06. The van der Waals surface area contributed by atoms with Crippen molar-refractivity contribution in [3.05, 3.63) is 0 Å². The first-order valence-electron chi connectivity index (χ1n) is 8.55. The Kier molecular flexibility index (Phi) is 4.88. The maximum Gasteiger partial charge on any atom is 0.228 e. The van der Waals surface area contributed by atoms with Crippen LogP contribution in [-0.2, 0) is 14.0 Å². The van der Waals surface area contributed by atoms with Crippen molar-refractivity contribution in [2.45, 2.75) is 83.7 Å². The highest BCUT2D eigenvalue weighted by atomic mass is 28.4. The third-order valence-electron chi connectivity index (χ3n) is 5.83. The van der Waals surface area contributed by atoms with Gasteiger partial charge in [0.05, 0.1) is 18.1 Å². The minimum absolute atomic E-state index is 0.00177. The van der Waals surface area contributed by atoms with Gasteiger partial charge in [-0.05, 0) is 37.9 Å². The number of ketones is 1. The smallest absolute Gasteiger partial charge is 0.228 e. The van der Waals surface area contributed by atoms with E-state index in [1.54, 1.807) is 0 Å². The Bertz CT molecular complexity index is 455. The molecule has 1 saturated heterocycles. The van der Waals surface area contributed by atoms with E-state index in [4.69, 9.17) is 4.43 Å². The molecule has 0 unspecified atom stereocenters. The number of carbonyl (C=O) groups is 2. The van der Waals surface area contributed by atoms with E-state index in [2.05, 4.69) is 39.2 Å². The Hall–Kier alpha value is -0.683. The SMILES string of the molecule is C[C@@H](O[Si](C)(C)C(C)(C)C)[C@H]1C(=O)N[C@H]1[C@@H]1CCCCC1=O. The van der Waals surface area contributed by atoms with Gasteiger partial charge in [0, 0.05) is 12.3 Å². The number of β-lactam (4-membered cyclic amide) rings is 1. The first-order valence-corrected chi connectivity index (χ1v) is 11.5. The number of Topliss-reactive ketones (excluding diaryl/α,β-unsaturated/α-hetero) is 1. The van der Waals surface area contributed by atoms with Crippen LogP contribution in [0.4, 0.5) is 0 Å². The normalized spacial score (nSPS) is 31.5. The van der Waals surface area contributed by atoms with Crippen molar-refractivity contribution < 1.29 is 14.0 Å². The zero-order valence-electron chi connectivity index (χ0n) is 14.9. The van der Waals surface area contributed by atoms with Crippen LogP contribution in [0.25, 0.3) is 0 Å². The zero-order valence-corrected chi connectivity index (χ0v) is 15.9. The molecular formula is C17H31NO3Si. The molecule has 126 valence electrons. The lowest BCUT2D eigenvalue weighted by Crippen LogP contribution is -2.67. The van der Waals surface area contributed by atoms with Crippen LogP contribution >= 0.6 is 0 Å². The van der Waals surface area contributed by atoms with Crippen LogP contribution in [0.5, 0.6) is 0 Å². The second-order valence-corrected chi connectivity index (χ2v) is 13.2. The van der Waals surface area contributed by atoms with E-state index < -0.39 is 8.32 Å². The Morgan fingerprint density at radius 2 is 1.86 bits per heavy atom. The van der Waals surface area contributed by atoms with Crippen LogP contribution in [0, 0.1) is 11.8 Å². The second-order valence-electron chi connectivity index (χ2n) is 8.46. The summed E-state index contributed by atoms with van der Waals surface area (Å²) in [6, 6.07) is -0.0138. The highest BCUT2D eigenvalue weighted by molar-refractivity contribution is 6.74. The highest BCUT2D eigenvalue weighted by Crippen LogP contribution is 2.40. The summed E-state index contributed by atoms with van der Waals surface area (Å²) >= 11 is 0. The molecule has 0 radical (unpaired) electrons. The minimum atomic E-state index is -1.90. The number of hydrogen-bond donors (Lipinski definition) is 1. The fraction of sp³-hybridized carbons (Fsp3) is 0.882. The topological polar surface area (TPSA) is 55.4 Å². The van der Waals surface area contributed by atoms with Crippen LogP contribution < -0.4 is 5.32 Å². The number of rotatable bonds is 4. The van der Waals surface area contributed by atoms with Crippen LogP contribution in [0.1, 0.15) is 53.4 Å². The van der Waals surface area contributed by atoms with Crippen molar-refractivity contribution in [3.8, 4) is 0 Å². The Morgan fingerprint density at radius 3 is 2.36 bits per heavy atom. The molecule has 1 N–H and O–H groups in total. The summed E-state index contributed by atoms with van der Waals surface area (Å²) in [5.74, 6) is 0.207. The van der Waals surface area contributed by atoms with Gasteiger partial charge in [-0.15, -0.1) is 0 Å². The van der Waals surface area contributed by atoms with Gasteiger partial charge < -0.3 is 9.74 Å². The third-order valence-corrected chi connectivity index (χ3v) is 10.4. The summed E-state index contributed by atoms with van der Waals surface area (Å²) in [6.45, 7) is 13.0. The van der Waals surface area contributed by atoms with Gasteiger partial charge in [-0.2, -0.15) is 0 Å². The standard InChI is InChI=1S/C17H31NO3Si/c1-11(21-22(5,6)17(2,3)4)14-15(18-16(14)20)12-9-7-8-10-13(12)19/h11-12,14-15H,7-10H2,1-6H3,(H,18,20)/t11-,12-,14-,15+/m1/s1. The maximum absolute atomic E-state index is 12.2. The van der Waals surface area contributed by atoms with E-state index in [9.17, 15) is 9.59 Å². The molecule has 0 aromatic rings. The van der Waals surface area contributed by atoms with Crippen molar-refractivity contribution in [1.29, 1.82) is 0 Å². The quantitative estimate of drug-likeness (QED) is 0.637. The summed E-state index contributed by atoms with van der Waals surface area (Å²) in [4.78, 5) is 24.2. The third kappa shape index (κ3) is 3.30. The number of carbonyl (C=O) groups excluding carboxylic acids is 2. The largest absolute Gasteiger partial charge is 0.413 e. The summed E-state index contributed by atoms with van der Waals surface area (Å²) < 4.78 is 6.40. The zero-order chi connectivity index (χ0) is 16.7. The second kappa shape index (κ2) is 6.08. The molecule has 2 rings (SSSR count). The van der Waals surface area contributed by atoms with Gasteiger partial charge in [0.25, 0.3) is 0 Å². The van der Waals surface area contributed by atoms with Crippen LogP contribution in [0.3, 0.4) is 0 Å². The lowest BCUT2D eigenvalue weighted by molar-refractivity contribution is -0.145. The van der Waals surface area contributed by atoms with Crippen molar-refractivity contribution in [3.63, 3.8) is 0 Å². The van der Waals surface area contributed by atoms with Crippen molar-refractivity contribution in [2.24, 2.45) is 11.8 Å². The summed E-state index contributed by atoms with van der Waals surface area (Å²) in [7, 11) is -1.90. The molecule has 1 heterocycles. The highest BCUT2D eigenvalue weighted by Gasteiger charge is 2.51. The van der Waals surface area contributed by atoms with Gasteiger partial charge in [0.1, 0.15) is 5.78 Å². The van der Waals surface area contributed by atoms with E-state index >= 15 is 0 Å². The van der Waals surface area contributed by atoms with E-state index in [-0.39, 0.29) is 34.9 Å². The molecular weight excluding hydrogens is 294 g/mol. The van der Waals surface area contributed by atoms with Gasteiger partial charge in [0.2, 0.25) is 5.91 Å². The van der Waals surface area contributed by atoms with Crippen LogP contribution in [0.15, 0.2) is 0 Å². The molecule has 0 bridgehead atoms. The van der Waals surface area contributed by atoms with Gasteiger partial charge in [-0.3, -0.25) is 9.59 Å². The number of amides is 1. The Labute approximate surface area is 135 Å². The monoisotopic (exact) mass is 325 g/mol. The predicted molar refractivity (Wildman–Crippen MR) is 90.1 cm³/mol. The molecule has 1 amide bonds. The molecule has 2 aliphatic rings. The molecule has 1 saturated carbocycles. The van der Waals surface area contributed by atoms with Gasteiger partial charge in [0.15, 0.2) is 8.32 Å². The predicted octanol–water partition coefficient (Wildman–Crippen LogP) is 3.27. The summed E-state index contributed by atoms with van der Waals surface area (Å²) in [5, 5.41) is 3.10. The van der Waals surface area contributed by atoms with Gasteiger partial charge >= 0.3 is 0 Å². The fourth-order valence-corrected chi connectivity index (χ4v) is 4.81. The molecule has 5 heteroatoms. The first kappa shape index (κ1) is 17.7. The number of nitrogens with one attached hydrogen (secondary N) is 1. The Morgan fingerprint density at radius 1 is 1.23 bits per heavy atom. The van der Waals surface area contributed by atoms with E-state index in [0.717, 1.165) is 19.3 Å². The molecule has 4 atom stereocenters. The molecule has 1 aliphatic heterocycles. The lowest BCUT2D eigenvalue weighted by Gasteiger charge is -2.48. The van der Waals surface area contributed by atoms with Crippen molar-refractivity contribution in [2.75, 3.05) is 0 Å². The lowest BCUT2D eigenvalue weighted by atomic mass is 9.72. The van der Waals surface area contributed by atoms with E-state index in [0.29, 0.717) is 12.2 Å². The average Bonchev–Trinajstić information content (AvgIpc) is 2.34. The van der Waals surface area contributed by atoms with E-state index in [1.165, 1.54) is 0 Å². The summed E-state index contributed by atoms with van der Waals surface area (Å²) in [6.07, 6.45) is 3.55. The number of hydrogen-bond acceptors (Lipinski definition) is 3. The van der Waals surface area contributed by atoms with Crippen LogP contribution in [0.2, 0.25) is 18.1 Å². The summed E-state index contributed by atoms with van der Waals surface area (Å²) in [5.41, 5.74) is 0. The maximum atomic E-state index is 12.2. The average molecular weight is 326 g/mol. The molecule has 22 heavy (non-hydrogen) atoms. The first-order chi connectivity index (χ1) is 10.0. The molecule has 1 aliphatic carbocycles. The minimum Gasteiger partial charge on any atom is -0.413 e. The van der Waals surface area contributed by atoms with E-state index in [1.807, 2.05) is 6.92 Å². The molecule has 0 spiro atoms. The van der Waals surface area contributed by atoms with Crippen molar-refractivity contribution in [1.82, 2.24) is 5.32 Å².